The third kappa shape index (κ3) is 2.98. The van der Waals surface area contributed by atoms with Crippen molar-refractivity contribution in [2.45, 2.75) is 20.3 Å². The number of hydrogen-bond acceptors (Lipinski definition) is 1. The summed E-state index contributed by atoms with van der Waals surface area (Å²) in [7, 11) is 0. The van der Waals surface area contributed by atoms with Crippen LogP contribution in [0.3, 0.4) is 0 Å². The zero-order chi connectivity index (χ0) is 12.8. The zero-order valence-corrected chi connectivity index (χ0v) is 10.9. The Hall–Kier alpha value is -2.09. The summed E-state index contributed by atoms with van der Waals surface area (Å²) >= 11 is 0. The molecule has 0 spiro atoms. The number of imidazole rings is 1. The molecule has 0 aliphatic rings. The van der Waals surface area contributed by atoms with E-state index in [4.69, 9.17) is 0 Å². The summed E-state index contributed by atoms with van der Waals surface area (Å²) in [5, 5.41) is 0. The highest BCUT2D eigenvalue weighted by molar-refractivity contribution is 5.62. The lowest BCUT2D eigenvalue weighted by molar-refractivity contribution is 1.06. The van der Waals surface area contributed by atoms with Crippen molar-refractivity contribution in [3.05, 3.63) is 66.8 Å². The van der Waals surface area contributed by atoms with Gasteiger partial charge >= 0.3 is 0 Å². The van der Waals surface area contributed by atoms with E-state index < -0.39 is 0 Å². The molecule has 0 fully saturated rings. The zero-order valence-electron chi connectivity index (χ0n) is 10.9. The number of aromatic nitrogens is 2. The third-order valence-corrected chi connectivity index (χ3v) is 2.76. The molecule has 0 saturated heterocycles. The number of allylic oxidation sites excluding steroid dienone is 4. The average molecular weight is 238 g/mol. The molecule has 2 heteroatoms. The number of benzene rings is 1. The van der Waals surface area contributed by atoms with Crippen LogP contribution < -0.4 is 0 Å². The molecule has 0 aliphatic carbocycles. The van der Waals surface area contributed by atoms with Gasteiger partial charge < -0.3 is 4.57 Å². The van der Waals surface area contributed by atoms with E-state index in [1.165, 1.54) is 5.57 Å². The molecule has 92 valence electrons. The van der Waals surface area contributed by atoms with Crippen LogP contribution in [0.25, 0.3) is 11.3 Å². The molecule has 0 radical (unpaired) electrons. The van der Waals surface area contributed by atoms with Gasteiger partial charge in [0.15, 0.2) is 0 Å². The molecule has 18 heavy (non-hydrogen) atoms. The fourth-order valence-corrected chi connectivity index (χ4v) is 1.70. The molecule has 1 aromatic carbocycles. The third-order valence-electron chi connectivity index (χ3n) is 2.76. The Morgan fingerprint density at radius 2 is 2.06 bits per heavy atom. The summed E-state index contributed by atoms with van der Waals surface area (Å²) < 4.78 is 2.04. The van der Waals surface area contributed by atoms with Crippen LogP contribution in [0, 0.1) is 0 Å². The molecule has 0 N–H and O–H groups in total. The molecule has 1 aromatic heterocycles. The van der Waals surface area contributed by atoms with Gasteiger partial charge in [0.1, 0.15) is 0 Å². The first-order valence-corrected chi connectivity index (χ1v) is 6.24. The van der Waals surface area contributed by atoms with Crippen molar-refractivity contribution in [2.75, 3.05) is 0 Å². The second kappa shape index (κ2) is 6.01. The predicted molar refractivity (Wildman–Crippen MR) is 76.6 cm³/mol. The van der Waals surface area contributed by atoms with Gasteiger partial charge in [0.05, 0.1) is 12.0 Å². The Labute approximate surface area is 108 Å². The van der Waals surface area contributed by atoms with Crippen LogP contribution in [0.15, 0.2) is 61.1 Å². The standard InChI is InChI=1S/C16H18N2/c1-3-4-6-9-14(2)16-12-18(13-17-16)15-10-7-5-8-11-15/h4-13H,3H2,1-2H3/b6-4-,14-9+. The van der Waals surface area contributed by atoms with Crippen LogP contribution in [0.2, 0.25) is 0 Å². The monoisotopic (exact) mass is 238 g/mol. The topological polar surface area (TPSA) is 17.8 Å². The molecule has 1 heterocycles. The molecule has 0 amide bonds. The number of nitrogens with zero attached hydrogens (tertiary/aromatic N) is 2. The van der Waals surface area contributed by atoms with Crippen molar-refractivity contribution in [1.82, 2.24) is 9.55 Å². The fraction of sp³-hybridized carbons (Fsp3) is 0.188. The van der Waals surface area contributed by atoms with E-state index in [0.29, 0.717) is 0 Å². The second-order valence-corrected chi connectivity index (χ2v) is 4.19. The van der Waals surface area contributed by atoms with E-state index in [1.54, 1.807) is 0 Å². The van der Waals surface area contributed by atoms with Gasteiger partial charge in [-0.3, -0.25) is 0 Å². The summed E-state index contributed by atoms with van der Waals surface area (Å²) in [6.45, 7) is 4.21. The average Bonchev–Trinajstić information content (AvgIpc) is 2.89. The SMILES string of the molecule is CC/C=C\C=C(/C)c1cn(-c2ccccc2)cn1. The van der Waals surface area contributed by atoms with Crippen molar-refractivity contribution in [2.24, 2.45) is 0 Å². The van der Waals surface area contributed by atoms with Crippen LogP contribution in [-0.4, -0.2) is 9.55 Å². The molecular weight excluding hydrogens is 220 g/mol. The molecule has 0 aliphatic heterocycles. The van der Waals surface area contributed by atoms with E-state index in [1.807, 2.05) is 29.1 Å². The lowest BCUT2D eigenvalue weighted by atomic mass is 10.2. The number of hydrogen-bond donors (Lipinski definition) is 0. The first-order chi connectivity index (χ1) is 8.81. The molecule has 0 atom stereocenters. The van der Waals surface area contributed by atoms with E-state index >= 15 is 0 Å². The van der Waals surface area contributed by atoms with E-state index in [-0.39, 0.29) is 0 Å². The Balaban J connectivity index is 2.21. The van der Waals surface area contributed by atoms with Gasteiger partial charge in [-0.05, 0) is 31.1 Å². The van der Waals surface area contributed by atoms with Gasteiger partial charge in [-0.15, -0.1) is 0 Å². The minimum atomic E-state index is 1.01. The van der Waals surface area contributed by atoms with Gasteiger partial charge in [0.2, 0.25) is 0 Å². The van der Waals surface area contributed by atoms with Crippen molar-refractivity contribution in [3.63, 3.8) is 0 Å². The first kappa shape index (κ1) is 12.4. The van der Waals surface area contributed by atoms with Crippen molar-refractivity contribution in [3.8, 4) is 5.69 Å². The van der Waals surface area contributed by atoms with Crippen LogP contribution in [0.4, 0.5) is 0 Å². The molecule has 2 rings (SSSR count). The van der Waals surface area contributed by atoms with Crippen molar-refractivity contribution < 1.29 is 0 Å². The van der Waals surface area contributed by atoms with E-state index in [9.17, 15) is 0 Å². The number of rotatable bonds is 4. The highest BCUT2D eigenvalue weighted by Crippen LogP contribution is 2.14. The Morgan fingerprint density at radius 1 is 1.28 bits per heavy atom. The fourth-order valence-electron chi connectivity index (χ4n) is 1.70. The maximum absolute atomic E-state index is 4.43. The molecule has 2 aromatic rings. The van der Waals surface area contributed by atoms with Gasteiger partial charge in [-0.25, -0.2) is 4.98 Å². The minimum absolute atomic E-state index is 1.01. The first-order valence-electron chi connectivity index (χ1n) is 6.24. The maximum Gasteiger partial charge on any atom is 0.0999 e. The van der Waals surface area contributed by atoms with Crippen molar-refractivity contribution >= 4 is 5.57 Å². The highest BCUT2D eigenvalue weighted by Gasteiger charge is 2.01. The molecule has 0 unspecified atom stereocenters. The van der Waals surface area contributed by atoms with Gasteiger partial charge in [-0.2, -0.15) is 0 Å². The Kier molecular flexibility index (Phi) is 4.13. The van der Waals surface area contributed by atoms with Gasteiger partial charge in [0, 0.05) is 11.9 Å². The lowest BCUT2D eigenvalue weighted by Gasteiger charge is -1.99. The minimum Gasteiger partial charge on any atom is -0.306 e. The van der Waals surface area contributed by atoms with E-state index in [2.05, 4.69) is 55.4 Å². The summed E-state index contributed by atoms with van der Waals surface area (Å²) in [4.78, 5) is 4.43. The largest absolute Gasteiger partial charge is 0.306 e. The van der Waals surface area contributed by atoms with E-state index in [0.717, 1.165) is 17.8 Å². The smallest absolute Gasteiger partial charge is 0.0999 e. The predicted octanol–water partition coefficient (Wildman–Crippen LogP) is 4.24. The highest BCUT2D eigenvalue weighted by atomic mass is 15.0. The van der Waals surface area contributed by atoms with Gasteiger partial charge in [0.25, 0.3) is 0 Å². The second-order valence-electron chi connectivity index (χ2n) is 4.19. The van der Waals surface area contributed by atoms with Crippen LogP contribution >= 0.6 is 0 Å². The van der Waals surface area contributed by atoms with Crippen LogP contribution in [-0.2, 0) is 0 Å². The van der Waals surface area contributed by atoms with Gasteiger partial charge in [-0.1, -0.05) is 43.4 Å². The molecular formula is C16H18N2. The maximum atomic E-state index is 4.43. The van der Waals surface area contributed by atoms with Crippen LogP contribution in [0.1, 0.15) is 26.0 Å². The summed E-state index contributed by atoms with van der Waals surface area (Å²) in [5.74, 6) is 0. The Bertz CT molecular complexity index is 547. The Morgan fingerprint density at radius 3 is 2.78 bits per heavy atom. The summed E-state index contributed by atoms with van der Waals surface area (Å²) in [6, 6.07) is 10.2. The molecule has 2 nitrogen and oxygen atoms in total. The quantitative estimate of drug-likeness (QED) is 0.728. The van der Waals surface area contributed by atoms with Crippen LogP contribution in [0.5, 0.6) is 0 Å². The van der Waals surface area contributed by atoms with Crippen molar-refractivity contribution in [1.29, 1.82) is 0 Å². The molecule has 0 bridgehead atoms. The summed E-state index contributed by atoms with van der Waals surface area (Å²) in [6.07, 6.45) is 11.3. The summed E-state index contributed by atoms with van der Waals surface area (Å²) in [5.41, 5.74) is 3.32. The normalized spacial score (nSPS) is 12.2. The molecule has 0 saturated carbocycles. The number of para-hydroxylation sites is 1. The lowest BCUT2D eigenvalue weighted by Crippen LogP contribution is -1.87.